The summed E-state index contributed by atoms with van der Waals surface area (Å²) in [4.78, 5) is 2.41. The van der Waals surface area contributed by atoms with E-state index in [0.29, 0.717) is 12.1 Å². The van der Waals surface area contributed by atoms with Crippen molar-refractivity contribution < 1.29 is 9.47 Å². The van der Waals surface area contributed by atoms with Crippen LogP contribution in [0.3, 0.4) is 0 Å². The van der Waals surface area contributed by atoms with E-state index < -0.39 is 0 Å². The van der Waals surface area contributed by atoms with Crippen LogP contribution in [0, 0.1) is 0 Å². The molecule has 0 unspecified atom stereocenters. The molecular weight excluding hydrogens is 354 g/mol. The fraction of sp³-hybridized carbons (Fsp3) is 0.667. The highest BCUT2D eigenvalue weighted by Crippen LogP contribution is 2.28. The zero-order valence-corrected chi connectivity index (χ0v) is 16.8. The highest BCUT2D eigenvalue weighted by molar-refractivity contribution is 5.28. The highest BCUT2D eigenvalue weighted by Gasteiger charge is 2.24. The third-order valence-electron chi connectivity index (χ3n) is 5.87. The first-order valence-electron chi connectivity index (χ1n) is 10.6. The minimum absolute atomic E-state index is 0.296. The maximum Gasteiger partial charge on any atom is 0.165 e. The van der Waals surface area contributed by atoms with Crippen molar-refractivity contribution in [2.45, 2.75) is 70.2 Å². The Balaban J connectivity index is 1.49. The van der Waals surface area contributed by atoms with Gasteiger partial charge >= 0.3 is 0 Å². The summed E-state index contributed by atoms with van der Waals surface area (Å²) in [5.41, 5.74) is 1.23. The molecule has 2 heterocycles. The van der Waals surface area contributed by atoms with Crippen molar-refractivity contribution in [3.63, 3.8) is 0 Å². The van der Waals surface area contributed by atoms with E-state index in [1.54, 1.807) is 7.11 Å². The molecule has 152 valence electrons. The lowest BCUT2D eigenvalue weighted by Gasteiger charge is -2.27. The average Bonchev–Trinajstić information content (AvgIpc) is 3.41. The van der Waals surface area contributed by atoms with Crippen LogP contribution in [0.5, 0.6) is 5.75 Å². The van der Waals surface area contributed by atoms with Gasteiger partial charge in [-0.3, -0.25) is 4.90 Å². The second-order valence-corrected chi connectivity index (χ2v) is 7.99. The number of benzene rings is 1. The molecule has 7 nitrogen and oxygen atoms in total. The lowest BCUT2D eigenvalue weighted by Crippen LogP contribution is -2.33. The Morgan fingerprint density at radius 2 is 2.04 bits per heavy atom. The van der Waals surface area contributed by atoms with Gasteiger partial charge in [0.15, 0.2) is 5.82 Å². The van der Waals surface area contributed by atoms with Crippen LogP contribution in [0.15, 0.2) is 24.3 Å². The Labute approximate surface area is 167 Å². The van der Waals surface area contributed by atoms with Crippen molar-refractivity contribution in [2.24, 2.45) is 0 Å². The van der Waals surface area contributed by atoms with E-state index in [1.807, 2.05) is 12.1 Å². The lowest BCUT2D eigenvalue weighted by molar-refractivity contribution is 0.0660. The number of ether oxygens (including phenoxy) is 2. The molecule has 1 saturated heterocycles. The third kappa shape index (κ3) is 4.89. The second kappa shape index (κ2) is 9.47. The van der Waals surface area contributed by atoms with Gasteiger partial charge in [-0.25, -0.2) is 4.68 Å². The molecule has 2 aromatic rings. The van der Waals surface area contributed by atoms with Gasteiger partial charge in [-0.2, -0.15) is 0 Å². The van der Waals surface area contributed by atoms with Gasteiger partial charge in [0, 0.05) is 19.7 Å². The number of tetrazole rings is 1. The first kappa shape index (κ1) is 19.3. The predicted octanol–water partition coefficient (Wildman–Crippen LogP) is 3.37. The van der Waals surface area contributed by atoms with Gasteiger partial charge in [0.05, 0.1) is 25.8 Å². The molecule has 7 heteroatoms. The van der Waals surface area contributed by atoms with E-state index in [9.17, 15) is 0 Å². The Hall–Kier alpha value is -1.99. The van der Waals surface area contributed by atoms with Gasteiger partial charge in [0.1, 0.15) is 5.75 Å². The van der Waals surface area contributed by atoms with Crippen molar-refractivity contribution in [3.05, 3.63) is 35.7 Å². The summed E-state index contributed by atoms with van der Waals surface area (Å²) in [6.07, 6.45) is 8.80. The summed E-state index contributed by atoms with van der Waals surface area (Å²) in [5.74, 6) is 1.86. The lowest BCUT2D eigenvalue weighted by atomic mass is 9.95. The first-order chi connectivity index (χ1) is 13.8. The first-order valence-corrected chi connectivity index (χ1v) is 10.6. The molecule has 1 atom stereocenters. The van der Waals surface area contributed by atoms with E-state index in [-0.39, 0.29) is 0 Å². The molecule has 0 amide bonds. The molecule has 2 fully saturated rings. The van der Waals surface area contributed by atoms with Crippen LogP contribution >= 0.6 is 0 Å². The Morgan fingerprint density at radius 3 is 2.82 bits per heavy atom. The number of nitrogens with zero attached hydrogens (tertiary/aromatic N) is 5. The molecule has 28 heavy (non-hydrogen) atoms. The van der Waals surface area contributed by atoms with Crippen LogP contribution in [0.4, 0.5) is 0 Å². The molecule has 1 aromatic carbocycles. The summed E-state index contributed by atoms with van der Waals surface area (Å²) >= 11 is 0. The van der Waals surface area contributed by atoms with E-state index in [2.05, 4.69) is 37.2 Å². The smallest absolute Gasteiger partial charge is 0.165 e. The minimum Gasteiger partial charge on any atom is -0.497 e. The van der Waals surface area contributed by atoms with Crippen molar-refractivity contribution >= 4 is 0 Å². The Kier molecular flexibility index (Phi) is 6.54. The van der Waals surface area contributed by atoms with Crippen LogP contribution in [-0.4, -0.2) is 51.5 Å². The number of methoxy groups -OCH3 is 1. The van der Waals surface area contributed by atoms with Crippen LogP contribution in [0.25, 0.3) is 0 Å². The standard InChI is InChI=1S/C21H31N5O2/c1-27-19-10-5-7-17(13-19)14-25(15-20-11-6-12-28-20)16-21-22-23-24-26(21)18-8-3-2-4-9-18/h5,7,10,13,18,20H,2-4,6,8-9,11-12,14-16H2,1H3/t20-/m0/s1. The zero-order valence-electron chi connectivity index (χ0n) is 16.8. The van der Waals surface area contributed by atoms with Gasteiger partial charge in [0.25, 0.3) is 0 Å². The summed E-state index contributed by atoms with van der Waals surface area (Å²) in [5, 5.41) is 12.7. The molecule has 1 aromatic heterocycles. The molecule has 1 aliphatic heterocycles. The SMILES string of the molecule is COc1cccc(CN(Cc2nnnn2C2CCCCC2)C[C@@H]2CCCO2)c1. The molecule has 4 rings (SSSR count). The van der Waals surface area contributed by atoms with Crippen LogP contribution in [-0.2, 0) is 17.8 Å². The van der Waals surface area contributed by atoms with Crippen molar-refractivity contribution in [1.82, 2.24) is 25.1 Å². The normalized spacial score (nSPS) is 20.7. The van der Waals surface area contributed by atoms with Gasteiger partial charge in [-0.1, -0.05) is 31.4 Å². The van der Waals surface area contributed by atoms with Crippen LogP contribution in [0.2, 0.25) is 0 Å². The number of rotatable bonds is 8. The monoisotopic (exact) mass is 385 g/mol. The molecule has 1 saturated carbocycles. The predicted molar refractivity (Wildman–Crippen MR) is 106 cm³/mol. The summed E-state index contributed by atoms with van der Waals surface area (Å²) in [6, 6.07) is 8.73. The molecule has 0 radical (unpaired) electrons. The fourth-order valence-electron chi connectivity index (χ4n) is 4.42. The van der Waals surface area contributed by atoms with Crippen LogP contribution in [0.1, 0.15) is 62.4 Å². The van der Waals surface area contributed by atoms with Gasteiger partial charge in [0.2, 0.25) is 0 Å². The van der Waals surface area contributed by atoms with Crippen LogP contribution < -0.4 is 4.74 Å². The topological polar surface area (TPSA) is 65.3 Å². The quantitative estimate of drug-likeness (QED) is 0.694. The van der Waals surface area contributed by atoms with E-state index in [0.717, 1.165) is 50.7 Å². The maximum absolute atomic E-state index is 5.91. The highest BCUT2D eigenvalue weighted by atomic mass is 16.5. The summed E-state index contributed by atoms with van der Waals surface area (Å²) < 4.78 is 13.4. The zero-order chi connectivity index (χ0) is 19.2. The van der Waals surface area contributed by atoms with E-state index in [4.69, 9.17) is 9.47 Å². The number of hydrogen-bond acceptors (Lipinski definition) is 6. The fourth-order valence-corrected chi connectivity index (χ4v) is 4.42. The second-order valence-electron chi connectivity index (χ2n) is 7.99. The number of hydrogen-bond donors (Lipinski definition) is 0. The Morgan fingerprint density at radius 1 is 1.14 bits per heavy atom. The van der Waals surface area contributed by atoms with Crippen molar-refractivity contribution in [2.75, 3.05) is 20.3 Å². The van der Waals surface area contributed by atoms with E-state index in [1.165, 1.54) is 37.7 Å². The molecular formula is C21H31N5O2. The van der Waals surface area contributed by atoms with E-state index >= 15 is 0 Å². The maximum atomic E-state index is 5.91. The van der Waals surface area contributed by atoms with Gasteiger partial charge in [-0.05, 0) is 53.8 Å². The Bertz CT molecular complexity index is 738. The third-order valence-corrected chi connectivity index (χ3v) is 5.87. The number of aromatic nitrogens is 4. The largest absolute Gasteiger partial charge is 0.497 e. The molecule has 0 bridgehead atoms. The van der Waals surface area contributed by atoms with Gasteiger partial charge < -0.3 is 9.47 Å². The van der Waals surface area contributed by atoms with Crippen molar-refractivity contribution in [3.8, 4) is 5.75 Å². The van der Waals surface area contributed by atoms with Crippen molar-refractivity contribution in [1.29, 1.82) is 0 Å². The summed E-state index contributed by atoms with van der Waals surface area (Å²) in [7, 11) is 1.71. The van der Waals surface area contributed by atoms with Gasteiger partial charge in [-0.15, -0.1) is 5.10 Å². The molecule has 0 N–H and O–H groups in total. The minimum atomic E-state index is 0.296. The average molecular weight is 386 g/mol. The molecule has 2 aliphatic rings. The molecule has 0 spiro atoms. The molecule has 1 aliphatic carbocycles. The summed E-state index contributed by atoms with van der Waals surface area (Å²) in [6.45, 7) is 3.33.